The van der Waals surface area contributed by atoms with Crippen molar-refractivity contribution in [3.05, 3.63) is 5.15 Å². The fourth-order valence-electron chi connectivity index (χ4n) is 1.31. The average Bonchev–Trinajstić information content (AvgIpc) is 2.56. The Morgan fingerprint density at radius 2 is 2.00 bits per heavy atom. The second-order valence-electron chi connectivity index (χ2n) is 3.31. The van der Waals surface area contributed by atoms with Crippen LogP contribution < -0.4 is 5.43 Å². The Balaban J connectivity index is 1.89. The number of halogens is 1. The first kappa shape index (κ1) is 10.1. The van der Waals surface area contributed by atoms with Crippen LogP contribution in [0, 0.1) is 0 Å². The van der Waals surface area contributed by atoms with Crippen molar-refractivity contribution in [2.24, 2.45) is 0 Å². The van der Waals surface area contributed by atoms with Gasteiger partial charge in [-0.25, -0.2) is 5.01 Å². The predicted molar refractivity (Wildman–Crippen MR) is 57.6 cm³/mol. The molecule has 1 fully saturated rings. The fraction of sp³-hybridized carbons (Fsp3) is 0.714. The van der Waals surface area contributed by atoms with Gasteiger partial charge in [0.25, 0.3) is 0 Å². The number of piperazine rings is 1. The van der Waals surface area contributed by atoms with E-state index in [0.29, 0.717) is 11.0 Å². The Bertz CT molecular complexity index is 296. The molecule has 78 valence electrons. The van der Waals surface area contributed by atoms with Crippen molar-refractivity contribution in [3.63, 3.8) is 0 Å². The number of hydrogen-bond donors (Lipinski definition) is 1. The van der Waals surface area contributed by atoms with Crippen molar-refractivity contribution < 1.29 is 0 Å². The molecule has 1 saturated heterocycles. The largest absolute Gasteiger partial charge is 0.304 e. The number of aromatic nitrogens is 2. The molecular formula is C7H12ClN5S. The molecule has 5 nitrogen and oxygen atoms in total. The quantitative estimate of drug-likeness (QED) is 0.818. The highest BCUT2D eigenvalue weighted by molar-refractivity contribution is 6.99. The average molecular weight is 234 g/mol. The zero-order valence-corrected chi connectivity index (χ0v) is 9.48. The van der Waals surface area contributed by atoms with Gasteiger partial charge in [0.2, 0.25) is 0 Å². The molecule has 1 aliphatic heterocycles. The number of anilines is 1. The number of hydrazine groups is 1. The van der Waals surface area contributed by atoms with Crippen LogP contribution in [0.4, 0.5) is 5.82 Å². The van der Waals surface area contributed by atoms with E-state index in [-0.39, 0.29) is 0 Å². The third-order valence-electron chi connectivity index (χ3n) is 2.22. The van der Waals surface area contributed by atoms with E-state index in [1.807, 2.05) is 0 Å². The van der Waals surface area contributed by atoms with Crippen molar-refractivity contribution in [3.8, 4) is 0 Å². The van der Waals surface area contributed by atoms with Gasteiger partial charge in [0.1, 0.15) is 0 Å². The van der Waals surface area contributed by atoms with E-state index < -0.39 is 0 Å². The van der Waals surface area contributed by atoms with Crippen molar-refractivity contribution >= 4 is 29.1 Å². The van der Waals surface area contributed by atoms with Crippen LogP contribution in [-0.2, 0) is 0 Å². The van der Waals surface area contributed by atoms with Gasteiger partial charge < -0.3 is 4.90 Å². The van der Waals surface area contributed by atoms with Crippen LogP contribution in [0.5, 0.6) is 0 Å². The van der Waals surface area contributed by atoms with Gasteiger partial charge in [0, 0.05) is 26.2 Å². The minimum absolute atomic E-state index is 0.453. The van der Waals surface area contributed by atoms with Crippen molar-refractivity contribution in [1.29, 1.82) is 0 Å². The summed E-state index contributed by atoms with van der Waals surface area (Å²) in [6, 6.07) is 0. The first-order chi connectivity index (χ1) is 6.75. The molecule has 7 heteroatoms. The number of likely N-dealkylation sites (N-methyl/N-ethyl adjacent to an activating group) is 1. The van der Waals surface area contributed by atoms with Gasteiger partial charge in [0.15, 0.2) is 11.0 Å². The fourth-order valence-corrected chi connectivity index (χ4v) is 1.95. The topological polar surface area (TPSA) is 44.3 Å². The maximum absolute atomic E-state index is 5.82. The summed E-state index contributed by atoms with van der Waals surface area (Å²) in [6.45, 7) is 4.07. The summed E-state index contributed by atoms with van der Waals surface area (Å²) in [5, 5.41) is 2.57. The molecule has 0 amide bonds. The molecule has 0 aromatic carbocycles. The summed E-state index contributed by atoms with van der Waals surface area (Å²) in [4.78, 5) is 2.29. The molecule has 0 atom stereocenters. The van der Waals surface area contributed by atoms with Crippen LogP contribution in [0.15, 0.2) is 0 Å². The first-order valence-electron chi connectivity index (χ1n) is 4.44. The van der Waals surface area contributed by atoms with Crippen LogP contribution in [0.2, 0.25) is 5.15 Å². The number of hydrogen-bond acceptors (Lipinski definition) is 6. The molecule has 1 aromatic heterocycles. The lowest BCUT2D eigenvalue weighted by Crippen LogP contribution is -2.47. The zero-order chi connectivity index (χ0) is 9.97. The first-order valence-corrected chi connectivity index (χ1v) is 5.55. The molecular weight excluding hydrogens is 222 g/mol. The summed E-state index contributed by atoms with van der Waals surface area (Å²) < 4.78 is 7.95. The van der Waals surface area contributed by atoms with Crippen LogP contribution >= 0.6 is 23.3 Å². The molecule has 0 radical (unpaired) electrons. The molecule has 1 aromatic rings. The van der Waals surface area contributed by atoms with E-state index in [2.05, 4.69) is 31.1 Å². The lowest BCUT2D eigenvalue weighted by Gasteiger charge is -2.32. The summed E-state index contributed by atoms with van der Waals surface area (Å²) in [5.41, 5.74) is 3.16. The Hall–Kier alpha value is -0.430. The van der Waals surface area contributed by atoms with Crippen molar-refractivity contribution in [1.82, 2.24) is 18.7 Å². The maximum atomic E-state index is 5.82. The summed E-state index contributed by atoms with van der Waals surface area (Å²) in [6.07, 6.45) is 0. The summed E-state index contributed by atoms with van der Waals surface area (Å²) in [7, 11) is 2.12. The molecule has 1 aliphatic rings. The molecule has 14 heavy (non-hydrogen) atoms. The highest BCUT2D eigenvalue weighted by atomic mass is 35.5. The van der Waals surface area contributed by atoms with E-state index in [4.69, 9.17) is 11.6 Å². The van der Waals surface area contributed by atoms with Crippen LogP contribution in [-0.4, -0.2) is 51.9 Å². The highest BCUT2D eigenvalue weighted by Crippen LogP contribution is 2.18. The third-order valence-corrected chi connectivity index (χ3v) is 3.11. The Morgan fingerprint density at radius 1 is 1.29 bits per heavy atom. The monoisotopic (exact) mass is 233 g/mol. The van der Waals surface area contributed by atoms with Gasteiger partial charge in [0.05, 0.1) is 11.7 Å². The number of nitrogens with one attached hydrogen (secondary N) is 1. The van der Waals surface area contributed by atoms with E-state index >= 15 is 0 Å². The van der Waals surface area contributed by atoms with Gasteiger partial charge in [-0.3, -0.25) is 5.43 Å². The molecule has 0 bridgehead atoms. The molecule has 0 unspecified atom stereocenters. The minimum atomic E-state index is 0.453. The van der Waals surface area contributed by atoms with E-state index in [1.165, 1.54) is 0 Å². The third kappa shape index (κ3) is 2.33. The standard InChI is InChI=1S/C7H12ClN5S/c1-12-2-4-13(5-3-12)9-7-6(8)10-14-11-7/h2-5H2,1H3,(H,9,11). The second-order valence-corrected chi connectivity index (χ2v) is 4.19. The van der Waals surface area contributed by atoms with Crippen LogP contribution in [0.25, 0.3) is 0 Å². The Labute approximate surface area is 92.0 Å². The van der Waals surface area contributed by atoms with Gasteiger partial charge in [-0.15, -0.1) is 0 Å². The van der Waals surface area contributed by atoms with Crippen LogP contribution in [0.3, 0.4) is 0 Å². The molecule has 2 rings (SSSR count). The maximum Gasteiger partial charge on any atom is 0.193 e. The molecule has 0 aliphatic carbocycles. The Morgan fingerprint density at radius 3 is 2.57 bits per heavy atom. The zero-order valence-electron chi connectivity index (χ0n) is 7.90. The SMILES string of the molecule is CN1CCN(Nc2nsnc2Cl)CC1. The summed E-state index contributed by atoms with van der Waals surface area (Å²) in [5.74, 6) is 0.668. The predicted octanol–water partition coefficient (Wildman–Crippen LogP) is 0.766. The lowest BCUT2D eigenvalue weighted by molar-refractivity contribution is 0.178. The van der Waals surface area contributed by atoms with E-state index in [0.717, 1.165) is 37.9 Å². The number of nitrogens with zero attached hydrogens (tertiary/aromatic N) is 4. The van der Waals surface area contributed by atoms with Gasteiger partial charge >= 0.3 is 0 Å². The van der Waals surface area contributed by atoms with Gasteiger partial charge in [-0.2, -0.15) is 8.75 Å². The Kier molecular flexibility index (Phi) is 3.17. The highest BCUT2D eigenvalue weighted by Gasteiger charge is 2.15. The minimum Gasteiger partial charge on any atom is -0.304 e. The molecule has 0 spiro atoms. The number of rotatable bonds is 2. The van der Waals surface area contributed by atoms with Crippen LogP contribution in [0.1, 0.15) is 0 Å². The normalized spacial score (nSPS) is 19.9. The molecule has 1 N–H and O–H groups in total. The second kappa shape index (κ2) is 4.39. The summed E-state index contributed by atoms with van der Waals surface area (Å²) >= 11 is 6.95. The van der Waals surface area contributed by atoms with Gasteiger partial charge in [-0.1, -0.05) is 11.6 Å². The van der Waals surface area contributed by atoms with Crippen molar-refractivity contribution in [2.45, 2.75) is 0 Å². The van der Waals surface area contributed by atoms with E-state index in [1.54, 1.807) is 0 Å². The van der Waals surface area contributed by atoms with Crippen molar-refractivity contribution in [2.75, 3.05) is 38.7 Å². The molecule has 2 heterocycles. The lowest BCUT2D eigenvalue weighted by atomic mass is 10.4. The smallest absolute Gasteiger partial charge is 0.193 e. The van der Waals surface area contributed by atoms with Gasteiger partial charge in [-0.05, 0) is 7.05 Å². The molecule has 0 saturated carbocycles. The van der Waals surface area contributed by atoms with E-state index in [9.17, 15) is 0 Å².